The van der Waals surface area contributed by atoms with Crippen LogP contribution >= 0.6 is 23.8 Å². The number of hydrogen-bond donors (Lipinski definition) is 1. The molecule has 0 aromatic rings. The summed E-state index contributed by atoms with van der Waals surface area (Å²) in [5, 5.41) is 9.38. The van der Waals surface area contributed by atoms with E-state index in [0.717, 1.165) is 0 Å². The molecule has 9 heavy (non-hydrogen) atoms. The van der Waals surface area contributed by atoms with Crippen LogP contribution in [0.5, 0.6) is 0 Å². The largest absolute Gasteiger partial charge is 0.477 e. The van der Waals surface area contributed by atoms with Crippen LogP contribution < -0.4 is 0 Å². The fraction of sp³-hybridized carbons (Fsp3) is 0.200. The van der Waals surface area contributed by atoms with Crippen LogP contribution in [-0.2, 0) is 4.79 Å². The zero-order valence-electron chi connectivity index (χ0n) is 4.50. The van der Waals surface area contributed by atoms with Crippen LogP contribution in [0.25, 0.3) is 0 Å². The lowest BCUT2D eigenvalue weighted by atomic mass is 10.4. The maximum Gasteiger partial charge on any atom is 0.346 e. The van der Waals surface area contributed by atoms with Crippen molar-refractivity contribution < 1.29 is 9.90 Å². The molecule has 0 atom stereocenters. The van der Waals surface area contributed by atoms with Gasteiger partial charge in [-0.05, 0) is 11.8 Å². The van der Waals surface area contributed by atoms with Crippen LogP contribution in [0.3, 0.4) is 0 Å². The van der Waals surface area contributed by atoms with Gasteiger partial charge >= 0.3 is 5.97 Å². The van der Waals surface area contributed by atoms with E-state index in [0.29, 0.717) is 6.42 Å². The lowest BCUT2D eigenvalue weighted by Gasteiger charge is -1.84. The molecule has 2 nitrogen and oxygen atoms in total. The summed E-state index contributed by atoms with van der Waals surface area (Å²) in [6, 6.07) is 0. The number of halogens is 1. The highest BCUT2D eigenvalue weighted by molar-refractivity contribution is 7.78. The molecule has 0 bridgehead atoms. The van der Waals surface area contributed by atoms with Gasteiger partial charge in [0.1, 0.15) is 5.03 Å². The molecule has 0 fully saturated rings. The third kappa shape index (κ3) is 4.12. The van der Waals surface area contributed by atoms with Gasteiger partial charge in [-0.25, -0.2) is 4.79 Å². The highest BCUT2D eigenvalue weighted by Crippen LogP contribution is 2.00. The summed E-state index contributed by atoms with van der Waals surface area (Å²) in [6.07, 6.45) is 1.76. The summed E-state index contributed by atoms with van der Waals surface area (Å²) in [6.45, 7) is 0. The van der Waals surface area contributed by atoms with Gasteiger partial charge in [0, 0.05) is 0 Å². The normalized spacial score (nSPS) is 11.0. The van der Waals surface area contributed by atoms with E-state index in [2.05, 4.69) is 12.2 Å². The maximum atomic E-state index is 9.96. The molecule has 0 aromatic carbocycles. The van der Waals surface area contributed by atoms with E-state index in [9.17, 15) is 4.79 Å². The van der Waals surface area contributed by atoms with Crippen molar-refractivity contribution in [2.75, 3.05) is 0 Å². The van der Waals surface area contributed by atoms with Crippen molar-refractivity contribution in [1.82, 2.24) is 0 Å². The van der Waals surface area contributed by atoms with Crippen molar-refractivity contribution in [3.8, 4) is 0 Å². The highest BCUT2D eigenvalue weighted by Gasteiger charge is 1.98. The molecule has 0 aliphatic heterocycles. The summed E-state index contributed by atoms with van der Waals surface area (Å²) < 4.78 is 0. The average Bonchev–Trinajstić information content (AvgIpc) is 1.82. The second-order valence-corrected chi connectivity index (χ2v) is 2.00. The Morgan fingerprint density at radius 3 is 2.67 bits per heavy atom. The van der Waals surface area contributed by atoms with E-state index in [1.807, 2.05) is 0 Å². The van der Waals surface area contributed by atoms with E-state index < -0.39 is 5.97 Å². The summed E-state index contributed by atoms with van der Waals surface area (Å²) in [4.78, 5) is 9.96. The van der Waals surface area contributed by atoms with Gasteiger partial charge in [0.2, 0.25) is 0 Å². The lowest BCUT2D eigenvalue weighted by Crippen LogP contribution is -1.92. The average molecular weight is 165 g/mol. The number of carboxylic acid groups (broad SMARTS) is 1. The van der Waals surface area contributed by atoms with E-state index in [1.54, 1.807) is 0 Å². The van der Waals surface area contributed by atoms with Gasteiger partial charge in [-0.3, -0.25) is 0 Å². The zero-order chi connectivity index (χ0) is 7.28. The summed E-state index contributed by atoms with van der Waals surface area (Å²) in [7, 11) is 0. The minimum atomic E-state index is -1.12. The standard InChI is InChI=1S/C5H5ClO2S/c6-4(5(7)8)2-1-3-9/h2-3H,1H2,(H,7,8). The molecule has 0 heterocycles. The molecule has 0 radical (unpaired) electrons. The Labute approximate surface area is 63.1 Å². The van der Waals surface area contributed by atoms with E-state index in [-0.39, 0.29) is 5.03 Å². The Morgan fingerprint density at radius 2 is 2.33 bits per heavy atom. The van der Waals surface area contributed by atoms with Gasteiger partial charge < -0.3 is 5.11 Å². The van der Waals surface area contributed by atoms with Crippen molar-refractivity contribution in [2.24, 2.45) is 0 Å². The van der Waals surface area contributed by atoms with Crippen molar-refractivity contribution in [3.05, 3.63) is 11.1 Å². The van der Waals surface area contributed by atoms with Gasteiger partial charge in [-0.15, -0.1) is 0 Å². The first kappa shape index (κ1) is 8.59. The first-order valence-corrected chi connectivity index (χ1v) is 3.06. The third-order valence-electron chi connectivity index (χ3n) is 0.598. The smallest absolute Gasteiger partial charge is 0.346 e. The molecule has 4 heteroatoms. The van der Waals surface area contributed by atoms with Crippen LogP contribution in [0, 0.1) is 0 Å². The Morgan fingerprint density at radius 1 is 1.78 bits per heavy atom. The highest BCUT2D eigenvalue weighted by atomic mass is 35.5. The number of aliphatic carboxylic acids is 1. The molecule has 0 rings (SSSR count). The molecule has 0 unspecified atom stereocenters. The Hall–Kier alpha value is -0.410. The van der Waals surface area contributed by atoms with Crippen molar-refractivity contribution in [3.63, 3.8) is 0 Å². The van der Waals surface area contributed by atoms with Crippen molar-refractivity contribution in [2.45, 2.75) is 6.42 Å². The molecule has 50 valence electrons. The SMILES string of the molecule is O=C(O)C(Cl)=CCC=S. The number of allylic oxidation sites excluding steroid dienone is 1. The molecule has 0 amide bonds. The Kier molecular flexibility index (Phi) is 4.26. The number of carbonyl (C=O) groups is 1. The van der Waals surface area contributed by atoms with Crippen LogP contribution in [0.4, 0.5) is 0 Å². The Bertz CT molecular complexity index is 153. The molecule has 1 N–H and O–H groups in total. The van der Waals surface area contributed by atoms with Crippen LogP contribution in [-0.4, -0.2) is 16.4 Å². The van der Waals surface area contributed by atoms with Gasteiger partial charge in [0.25, 0.3) is 0 Å². The topological polar surface area (TPSA) is 37.3 Å². The monoisotopic (exact) mass is 164 g/mol. The summed E-state index contributed by atoms with van der Waals surface area (Å²) in [5.74, 6) is -1.12. The van der Waals surface area contributed by atoms with Gasteiger partial charge in [0.15, 0.2) is 0 Å². The lowest BCUT2D eigenvalue weighted by molar-refractivity contribution is -0.131. The predicted octanol–water partition coefficient (Wildman–Crippen LogP) is 1.58. The van der Waals surface area contributed by atoms with Crippen molar-refractivity contribution >= 4 is 35.2 Å². The maximum absolute atomic E-state index is 9.96. The van der Waals surface area contributed by atoms with E-state index in [4.69, 9.17) is 16.7 Å². The van der Waals surface area contributed by atoms with Crippen LogP contribution in [0.2, 0.25) is 0 Å². The number of hydrogen-bond acceptors (Lipinski definition) is 2. The van der Waals surface area contributed by atoms with Crippen molar-refractivity contribution in [1.29, 1.82) is 0 Å². The van der Waals surface area contributed by atoms with E-state index in [1.165, 1.54) is 11.4 Å². The van der Waals surface area contributed by atoms with E-state index >= 15 is 0 Å². The summed E-state index contributed by atoms with van der Waals surface area (Å²) in [5.41, 5.74) is 0. The minimum absolute atomic E-state index is 0.184. The second-order valence-electron chi connectivity index (χ2n) is 1.26. The Balaban J connectivity index is 3.83. The van der Waals surface area contributed by atoms with Gasteiger partial charge in [-0.1, -0.05) is 29.9 Å². The fourth-order valence-corrected chi connectivity index (χ4v) is 0.424. The predicted molar refractivity (Wildman–Crippen MR) is 39.8 cm³/mol. The number of rotatable bonds is 3. The molecule has 0 aromatic heterocycles. The number of carboxylic acids is 1. The first-order chi connectivity index (χ1) is 4.18. The van der Waals surface area contributed by atoms with Crippen LogP contribution in [0.15, 0.2) is 11.1 Å². The fourth-order valence-electron chi connectivity index (χ4n) is 0.239. The molecular formula is C5H5ClO2S. The molecule has 0 spiro atoms. The minimum Gasteiger partial charge on any atom is -0.477 e. The summed E-state index contributed by atoms with van der Waals surface area (Å²) >= 11 is 9.63. The molecular weight excluding hydrogens is 160 g/mol. The quantitative estimate of drug-likeness (QED) is 0.509. The third-order valence-corrected chi connectivity index (χ3v) is 1.11. The number of thiocarbonyl (C=S) groups is 1. The van der Waals surface area contributed by atoms with Gasteiger partial charge in [0.05, 0.1) is 0 Å². The molecule has 0 aliphatic carbocycles. The zero-order valence-corrected chi connectivity index (χ0v) is 6.08. The molecule has 0 aliphatic rings. The van der Waals surface area contributed by atoms with Crippen LogP contribution in [0.1, 0.15) is 6.42 Å². The molecule has 0 saturated heterocycles. The molecule has 0 saturated carbocycles. The first-order valence-electron chi connectivity index (χ1n) is 2.21. The second kappa shape index (κ2) is 4.47. The van der Waals surface area contributed by atoms with Gasteiger partial charge in [-0.2, -0.15) is 0 Å².